The van der Waals surface area contributed by atoms with Gasteiger partial charge in [-0.25, -0.2) is 4.79 Å². The third-order valence-corrected chi connectivity index (χ3v) is 3.70. The Labute approximate surface area is 112 Å². The van der Waals surface area contributed by atoms with Gasteiger partial charge in [-0.05, 0) is 49.8 Å². The molecular weight excluding hydrogens is 242 g/mol. The van der Waals surface area contributed by atoms with Crippen molar-refractivity contribution in [2.24, 2.45) is 11.8 Å². The zero-order chi connectivity index (χ0) is 14.2. The van der Waals surface area contributed by atoms with Crippen molar-refractivity contribution in [3.05, 3.63) is 28.8 Å². The van der Waals surface area contributed by atoms with E-state index in [9.17, 15) is 14.7 Å². The molecule has 0 aromatic heterocycles. The molecule has 19 heavy (non-hydrogen) atoms. The quantitative estimate of drug-likeness (QED) is 0.875. The maximum atomic E-state index is 12.1. The molecule has 4 heteroatoms. The number of aryl methyl sites for hydroxylation is 2. The molecule has 1 amide bonds. The van der Waals surface area contributed by atoms with Crippen LogP contribution < -0.4 is 5.32 Å². The number of aromatic carboxylic acids is 1. The maximum Gasteiger partial charge on any atom is 0.337 e. The number of rotatable bonds is 4. The number of carbonyl (C=O) groups excluding carboxylic acids is 1. The molecule has 1 saturated carbocycles. The molecule has 1 aromatic rings. The highest BCUT2D eigenvalue weighted by molar-refractivity contribution is 6.02. The average Bonchev–Trinajstić information content (AvgIpc) is 3.14. The normalized spacial score (nSPS) is 15.9. The summed E-state index contributed by atoms with van der Waals surface area (Å²) in [5, 5.41) is 12.0. The van der Waals surface area contributed by atoms with E-state index in [0.717, 1.165) is 24.0 Å². The van der Waals surface area contributed by atoms with E-state index >= 15 is 0 Å². The Morgan fingerprint density at radius 2 is 1.95 bits per heavy atom. The zero-order valence-electron chi connectivity index (χ0n) is 11.5. The van der Waals surface area contributed by atoms with Gasteiger partial charge in [0.1, 0.15) is 0 Å². The fraction of sp³-hybridized carbons (Fsp3) is 0.467. The molecule has 1 aromatic carbocycles. The van der Waals surface area contributed by atoms with E-state index in [2.05, 4.69) is 5.32 Å². The lowest BCUT2D eigenvalue weighted by Gasteiger charge is -2.15. The van der Waals surface area contributed by atoms with Crippen molar-refractivity contribution >= 4 is 17.6 Å². The highest BCUT2D eigenvalue weighted by Crippen LogP contribution is 2.37. The molecule has 1 aliphatic rings. The van der Waals surface area contributed by atoms with Crippen LogP contribution in [0.2, 0.25) is 0 Å². The van der Waals surface area contributed by atoms with Crippen molar-refractivity contribution in [2.75, 3.05) is 5.32 Å². The molecule has 1 aliphatic carbocycles. The molecule has 1 fully saturated rings. The summed E-state index contributed by atoms with van der Waals surface area (Å²) in [6, 6.07) is 3.47. The Morgan fingerprint density at radius 3 is 2.47 bits per heavy atom. The molecule has 2 rings (SSSR count). The topological polar surface area (TPSA) is 66.4 Å². The van der Waals surface area contributed by atoms with Crippen LogP contribution in [0.3, 0.4) is 0 Å². The predicted molar refractivity (Wildman–Crippen MR) is 73.4 cm³/mol. The van der Waals surface area contributed by atoms with E-state index in [0.29, 0.717) is 11.6 Å². The Morgan fingerprint density at radius 1 is 1.32 bits per heavy atom. The Balaban J connectivity index is 2.28. The average molecular weight is 261 g/mol. The van der Waals surface area contributed by atoms with Crippen molar-refractivity contribution < 1.29 is 14.7 Å². The highest BCUT2D eigenvalue weighted by atomic mass is 16.4. The smallest absolute Gasteiger partial charge is 0.337 e. The van der Waals surface area contributed by atoms with Gasteiger partial charge in [0.15, 0.2) is 0 Å². The van der Waals surface area contributed by atoms with Crippen LogP contribution in [0.4, 0.5) is 5.69 Å². The van der Waals surface area contributed by atoms with Crippen molar-refractivity contribution in [3.8, 4) is 0 Å². The Bertz CT molecular complexity index is 532. The zero-order valence-corrected chi connectivity index (χ0v) is 11.5. The second-order valence-corrected chi connectivity index (χ2v) is 5.42. The molecule has 0 saturated heterocycles. The molecule has 0 bridgehead atoms. The van der Waals surface area contributed by atoms with Crippen molar-refractivity contribution in [1.29, 1.82) is 0 Å². The van der Waals surface area contributed by atoms with Crippen LogP contribution in [0.5, 0.6) is 0 Å². The predicted octanol–water partition coefficient (Wildman–Crippen LogP) is 2.99. The second-order valence-electron chi connectivity index (χ2n) is 5.42. The molecule has 0 radical (unpaired) electrons. The first kappa shape index (κ1) is 13.6. The fourth-order valence-corrected chi connectivity index (χ4v) is 2.35. The summed E-state index contributed by atoms with van der Waals surface area (Å²) in [4.78, 5) is 23.4. The Kier molecular flexibility index (Phi) is 3.60. The molecule has 102 valence electrons. The number of carbonyl (C=O) groups is 2. The van der Waals surface area contributed by atoms with E-state index in [1.165, 1.54) is 0 Å². The number of hydrogen-bond acceptors (Lipinski definition) is 2. The van der Waals surface area contributed by atoms with Gasteiger partial charge >= 0.3 is 5.97 Å². The van der Waals surface area contributed by atoms with Crippen LogP contribution in [0.25, 0.3) is 0 Å². The van der Waals surface area contributed by atoms with E-state index < -0.39 is 5.97 Å². The van der Waals surface area contributed by atoms with E-state index in [1.807, 2.05) is 26.8 Å². The lowest BCUT2D eigenvalue weighted by atomic mass is 10.0. The minimum absolute atomic E-state index is 0.0534. The monoisotopic (exact) mass is 261 g/mol. The number of carboxylic acid groups (broad SMARTS) is 1. The van der Waals surface area contributed by atoms with E-state index in [-0.39, 0.29) is 17.4 Å². The minimum Gasteiger partial charge on any atom is -0.478 e. The molecule has 1 atom stereocenters. The van der Waals surface area contributed by atoms with E-state index in [1.54, 1.807) is 6.07 Å². The SMILES string of the molecule is Cc1cc(C)c(NC(=O)C(C)C2CC2)c(C(=O)O)c1. The van der Waals surface area contributed by atoms with Gasteiger partial charge in [-0.1, -0.05) is 13.0 Å². The number of anilines is 1. The minimum atomic E-state index is -1.01. The number of carboxylic acids is 1. The van der Waals surface area contributed by atoms with E-state index in [4.69, 9.17) is 0 Å². The number of hydrogen-bond donors (Lipinski definition) is 2. The Hall–Kier alpha value is -1.84. The standard InChI is InChI=1S/C15H19NO3/c1-8-6-9(2)13(12(7-8)15(18)19)16-14(17)10(3)11-4-5-11/h6-7,10-11H,4-5H2,1-3H3,(H,16,17)(H,18,19). The molecule has 4 nitrogen and oxygen atoms in total. The number of benzene rings is 1. The first-order valence-electron chi connectivity index (χ1n) is 6.55. The summed E-state index contributed by atoms with van der Waals surface area (Å²) in [5.74, 6) is -0.695. The molecule has 0 heterocycles. The fourth-order valence-electron chi connectivity index (χ4n) is 2.35. The van der Waals surface area contributed by atoms with Gasteiger partial charge in [0.25, 0.3) is 0 Å². The third-order valence-electron chi connectivity index (χ3n) is 3.70. The van der Waals surface area contributed by atoms with Gasteiger partial charge in [0.2, 0.25) is 5.91 Å². The van der Waals surface area contributed by atoms with Crippen LogP contribution in [0.15, 0.2) is 12.1 Å². The summed E-state index contributed by atoms with van der Waals surface area (Å²) >= 11 is 0. The summed E-state index contributed by atoms with van der Waals surface area (Å²) in [6.45, 7) is 5.56. The van der Waals surface area contributed by atoms with Crippen LogP contribution >= 0.6 is 0 Å². The molecule has 0 aliphatic heterocycles. The van der Waals surface area contributed by atoms with Gasteiger partial charge in [0.05, 0.1) is 11.3 Å². The van der Waals surface area contributed by atoms with Crippen molar-refractivity contribution in [3.63, 3.8) is 0 Å². The summed E-state index contributed by atoms with van der Waals surface area (Å²) in [6.07, 6.45) is 2.18. The van der Waals surface area contributed by atoms with Crippen LogP contribution in [0.1, 0.15) is 41.3 Å². The molecule has 1 unspecified atom stereocenters. The summed E-state index contributed by atoms with van der Waals surface area (Å²) in [7, 11) is 0. The second kappa shape index (κ2) is 5.03. The number of nitrogens with one attached hydrogen (secondary N) is 1. The van der Waals surface area contributed by atoms with Gasteiger partial charge in [0, 0.05) is 5.92 Å². The highest BCUT2D eigenvalue weighted by Gasteiger charge is 2.33. The van der Waals surface area contributed by atoms with Gasteiger partial charge in [-0.3, -0.25) is 4.79 Å². The van der Waals surface area contributed by atoms with Gasteiger partial charge in [-0.15, -0.1) is 0 Å². The summed E-state index contributed by atoms with van der Waals surface area (Å²) in [5.41, 5.74) is 2.25. The first-order valence-corrected chi connectivity index (χ1v) is 6.55. The lowest BCUT2D eigenvalue weighted by Crippen LogP contribution is -2.23. The third kappa shape index (κ3) is 2.95. The molecular formula is C15H19NO3. The van der Waals surface area contributed by atoms with Crippen LogP contribution in [-0.4, -0.2) is 17.0 Å². The van der Waals surface area contributed by atoms with Crippen LogP contribution in [0, 0.1) is 25.7 Å². The summed E-state index contributed by atoms with van der Waals surface area (Å²) < 4.78 is 0. The van der Waals surface area contributed by atoms with Crippen LogP contribution in [-0.2, 0) is 4.79 Å². The molecule has 2 N–H and O–H groups in total. The number of amides is 1. The maximum absolute atomic E-state index is 12.1. The first-order chi connectivity index (χ1) is 8.90. The largest absolute Gasteiger partial charge is 0.478 e. The van der Waals surface area contributed by atoms with Gasteiger partial charge < -0.3 is 10.4 Å². The molecule has 0 spiro atoms. The lowest BCUT2D eigenvalue weighted by molar-refractivity contribution is -0.119. The van der Waals surface area contributed by atoms with Crippen molar-refractivity contribution in [2.45, 2.75) is 33.6 Å². The van der Waals surface area contributed by atoms with Gasteiger partial charge in [-0.2, -0.15) is 0 Å². The van der Waals surface area contributed by atoms with Crippen molar-refractivity contribution in [1.82, 2.24) is 0 Å².